The molecule has 2 heterocycles. The van der Waals surface area contributed by atoms with E-state index in [9.17, 15) is 0 Å². The summed E-state index contributed by atoms with van der Waals surface area (Å²) in [4.78, 5) is 10.9. The van der Waals surface area contributed by atoms with Crippen LogP contribution in [0.1, 0.15) is 25.3 Å². The van der Waals surface area contributed by atoms with Crippen LogP contribution in [0.4, 0.5) is 0 Å². The number of nitrogens with zero attached hydrogens (tertiary/aromatic N) is 3. The highest BCUT2D eigenvalue weighted by molar-refractivity contribution is 14.0. The second-order valence-electron chi connectivity index (χ2n) is 5.44. The zero-order chi connectivity index (χ0) is 15.8. The molecule has 0 radical (unpaired) electrons. The van der Waals surface area contributed by atoms with Gasteiger partial charge >= 0.3 is 0 Å². The lowest BCUT2D eigenvalue weighted by molar-refractivity contribution is 0.267. The van der Waals surface area contributed by atoms with Crippen molar-refractivity contribution in [3.63, 3.8) is 0 Å². The average Bonchev–Trinajstić information content (AvgIpc) is 3.02. The molecule has 1 saturated heterocycles. The van der Waals surface area contributed by atoms with Gasteiger partial charge < -0.3 is 15.4 Å². The fourth-order valence-electron chi connectivity index (χ4n) is 2.84. The van der Waals surface area contributed by atoms with Crippen LogP contribution in [0.3, 0.4) is 0 Å². The maximum absolute atomic E-state index is 5.14. The molecular weight excluding hydrogens is 405 g/mol. The Morgan fingerprint density at radius 3 is 3.00 bits per heavy atom. The number of aliphatic imine (C=N–C) groups is 1. The molecule has 1 aliphatic rings. The number of rotatable bonds is 6. The van der Waals surface area contributed by atoms with Gasteiger partial charge in [-0.25, -0.2) is 4.98 Å². The van der Waals surface area contributed by atoms with E-state index in [2.05, 4.69) is 32.4 Å². The minimum Gasteiger partial charge on any atom is -0.481 e. The number of methoxy groups -OCH3 is 1. The quantitative estimate of drug-likeness (QED) is 0.408. The van der Waals surface area contributed by atoms with Crippen molar-refractivity contribution in [3.05, 3.63) is 23.9 Å². The molecule has 0 spiro atoms. The van der Waals surface area contributed by atoms with Crippen LogP contribution < -0.4 is 15.4 Å². The number of guanidine groups is 1. The molecule has 1 fully saturated rings. The second kappa shape index (κ2) is 10.6. The Morgan fingerprint density at radius 2 is 2.30 bits per heavy atom. The number of ether oxygens (including phenoxy) is 1. The Bertz CT molecular complexity index is 497. The third-order valence-corrected chi connectivity index (χ3v) is 4.10. The van der Waals surface area contributed by atoms with Gasteiger partial charge in [0.25, 0.3) is 0 Å². The van der Waals surface area contributed by atoms with Gasteiger partial charge in [0.1, 0.15) is 0 Å². The number of hydrogen-bond acceptors (Lipinski definition) is 4. The van der Waals surface area contributed by atoms with Crippen molar-refractivity contribution >= 4 is 29.9 Å². The first-order valence-corrected chi connectivity index (χ1v) is 7.94. The first kappa shape index (κ1) is 20.0. The maximum Gasteiger partial charge on any atom is 0.213 e. The van der Waals surface area contributed by atoms with Crippen molar-refractivity contribution in [1.82, 2.24) is 20.5 Å². The first-order chi connectivity index (χ1) is 10.8. The Balaban J connectivity index is 0.00000264. The van der Waals surface area contributed by atoms with E-state index in [1.54, 1.807) is 20.4 Å². The third kappa shape index (κ3) is 6.14. The van der Waals surface area contributed by atoms with Crippen LogP contribution in [-0.2, 0) is 6.54 Å². The summed E-state index contributed by atoms with van der Waals surface area (Å²) in [5.41, 5.74) is 1.12. The molecule has 130 valence electrons. The lowest BCUT2D eigenvalue weighted by Gasteiger charge is -2.24. The van der Waals surface area contributed by atoms with Gasteiger partial charge in [0.05, 0.1) is 7.11 Å². The third-order valence-electron chi connectivity index (χ3n) is 4.10. The number of halogens is 1. The molecule has 1 atom stereocenters. The summed E-state index contributed by atoms with van der Waals surface area (Å²) in [7, 11) is 3.43. The summed E-state index contributed by atoms with van der Waals surface area (Å²) < 4.78 is 5.14. The van der Waals surface area contributed by atoms with Crippen LogP contribution in [0.5, 0.6) is 5.88 Å². The highest BCUT2D eigenvalue weighted by Gasteiger charge is 2.22. The molecule has 1 aromatic heterocycles. The Morgan fingerprint density at radius 1 is 1.48 bits per heavy atom. The largest absolute Gasteiger partial charge is 0.481 e. The predicted molar refractivity (Wildman–Crippen MR) is 105 cm³/mol. The van der Waals surface area contributed by atoms with Crippen LogP contribution in [0, 0.1) is 0 Å². The first-order valence-electron chi connectivity index (χ1n) is 7.94. The Kier molecular flexibility index (Phi) is 9.23. The highest BCUT2D eigenvalue weighted by atomic mass is 127. The van der Waals surface area contributed by atoms with E-state index in [-0.39, 0.29) is 24.0 Å². The minimum absolute atomic E-state index is 0. The molecule has 2 N–H and O–H groups in total. The zero-order valence-corrected chi connectivity index (χ0v) is 16.5. The van der Waals surface area contributed by atoms with Crippen molar-refractivity contribution in [2.45, 2.75) is 32.4 Å². The van der Waals surface area contributed by atoms with Crippen LogP contribution >= 0.6 is 24.0 Å². The van der Waals surface area contributed by atoms with Crippen molar-refractivity contribution in [2.75, 3.05) is 33.8 Å². The normalized spacial score (nSPS) is 18.4. The summed E-state index contributed by atoms with van der Waals surface area (Å²) in [5, 5.41) is 6.76. The fourth-order valence-corrected chi connectivity index (χ4v) is 2.84. The average molecular weight is 433 g/mol. The van der Waals surface area contributed by atoms with Crippen molar-refractivity contribution < 1.29 is 4.74 Å². The van der Waals surface area contributed by atoms with Crippen molar-refractivity contribution in [3.8, 4) is 5.88 Å². The predicted octanol–water partition coefficient (Wildman–Crippen LogP) is 1.86. The Hall–Kier alpha value is -1.09. The SMILES string of the molecule is CCN1CCCC1CNC(=NC)NCc1ccnc(OC)c1.I. The number of likely N-dealkylation sites (N-methyl/N-ethyl adjacent to an activating group) is 1. The van der Waals surface area contributed by atoms with E-state index in [0.717, 1.165) is 24.6 Å². The summed E-state index contributed by atoms with van der Waals surface area (Å²) in [5.74, 6) is 1.46. The van der Waals surface area contributed by atoms with Crippen LogP contribution in [0.25, 0.3) is 0 Å². The van der Waals surface area contributed by atoms with E-state index in [1.807, 2.05) is 12.1 Å². The molecule has 1 unspecified atom stereocenters. The smallest absolute Gasteiger partial charge is 0.213 e. The van der Waals surface area contributed by atoms with E-state index >= 15 is 0 Å². The molecule has 6 nitrogen and oxygen atoms in total. The van der Waals surface area contributed by atoms with Gasteiger partial charge in [0.2, 0.25) is 5.88 Å². The van der Waals surface area contributed by atoms with Gasteiger partial charge in [0, 0.05) is 38.4 Å². The zero-order valence-electron chi connectivity index (χ0n) is 14.2. The van der Waals surface area contributed by atoms with Gasteiger partial charge in [-0.15, -0.1) is 24.0 Å². The van der Waals surface area contributed by atoms with E-state index in [4.69, 9.17) is 4.74 Å². The van der Waals surface area contributed by atoms with Gasteiger partial charge in [-0.1, -0.05) is 6.92 Å². The summed E-state index contributed by atoms with van der Waals surface area (Å²) in [6, 6.07) is 4.51. The van der Waals surface area contributed by atoms with Gasteiger partial charge in [0.15, 0.2) is 5.96 Å². The molecule has 0 aliphatic carbocycles. The topological polar surface area (TPSA) is 61.8 Å². The maximum atomic E-state index is 5.14. The number of nitrogens with one attached hydrogen (secondary N) is 2. The standard InChI is InChI=1S/C16H27N5O.HI/c1-4-21-9-5-6-14(21)12-20-16(17-2)19-11-13-7-8-18-15(10-13)22-3;/h7-8,10,14H,4-6,9,11-12H2,1-3H3,(H2,17,19,20);1H. The molecule has 0 saturated carbocycles. The highest BCUT2D eigenvalue weighted by Crippen LogP contribution is 2.15. The van der Waals surface area contributed by atoms with Crippen molar-refractivity contribution in [1.29, 1.82) is 0 Å². The monoisotopic (exact) mass is 433 g/mol. The fraction of sp³-hybridized carbons (Fsp3) is 0.625. The van der Waals surface area contributed by atoms with E-state index in [0.29, 0.717) is 18.5 Å². The number of aromatic nitrogens is 1. The lowest BCUT2D eigenvalue weighted by Crippen LogP contribution is -2.44. The summed E-state index contributed by atoms with van der Waals surface area (Å²) >= 11 is 0. The molecule has 7 heteroatoms. The van der Waals surface area contributed by atoms with Crippen molar-refractivity contribution in [2.24, 2.45) is 4.99 Å². The van der Waals surface area contributed by atoms with Crippen LogP contribution in [0.15, 0.2) is 23.3 Å². The van der Waals surface area contributed by atoms with E-state index in [1.165, 1.54) is 19.4 Å². The van der Waals surface area contributed by atoms with Gasteiger partial charge in [-0.2, -0.15) is 0 Å². The molecule has 2 rings (SSSR count). The molecular formula is C16H28IN5O. The van der Waals surface area contributed by atoms with E-state index < -0.39 is 0 Å². The molecule has 0 bridgehead atoms. The Labute approximate surface area is 156 Å². The molecule has 1 aliphatic heterocycles. The summed E-state index contributed by atoms with van der Waals surface area (Å²) in [6.45, 7) is 6.19. The van der Waals surface area contributed by atoms with Gasteiger partial charge in [-0.05, 0) is 37.6 Å². The van der Waals surface area contributed by atoms with Gasteiger partial charge in [-0.3, -0.25) is 9.89 Å². The van der Waals surface area contributed by atoms with Crippen LogP contribution in [0.2, 0.25) is 0 Å². The summed E-state index contributed by atoms with van der Waals surface area (Å²) in [6.07, 6.45) is 4.31. The molecule has 0 aromatic carbocycles. The number of pyridine rings is 1. The molecule has 23 heavy (non-hydrogen) atoms. The molecule has 0 amide bonds. The van der Waals surface area contributed by atoms with Crippen LogP contribution in [-0.4, -0.2) is 55.7 Å². The second-order valence-corrected chi connectivity index (χ2v) is 5.44. The molecule has 1 aromatic rings. The minimum atomic E-state index is 0. The number of hydrogen-bond donors (Lipinski definition) is 2. The lowest BCUT2D eigenvalue weighted by atomic mass is 10.2. The number of likely N-dealkylation sites (tertiary alicyclic amines) is 1.